The van der Waals surface area contributed by atoms with Crippen LogP contribution in [0.15, 0.2) is 15.2 Å². The van der Waals surface area contributed by atoms with E-state index >= 15 is 0 Å². The first-order chi connectivity index (χ1) is 10.5. The van der Waals surface area contributed by atoms with Gasteiger partial charge in [-0.15, -0.1) is 0 Å². The van der Waals surface area contributed by atoms with Crippen molar-refractivity contribution in [3.05, 3.63) is 20.7 Å². The quantitative estimate of drug-likeness (QED) is 0.801. The second-order valence-corrected chi connectivity index (χ2v) is 7.87. The van der Waals surface area contributed by atoms with Gasteiger partial charge in [0.25, 0.3) is 0 Å². The van der Waals surface area contributed by atoms with Crippen LogP contribution in [-0.2, 0) is 11.3 Å². The van der Waals surface area contributed by atoms with Crippen molar-refractivity contribution in [3.8, 4) is 0 Å². The number of piperazine rings is 1. The van der Waals surface area contributed by atoms with Gasteiger partial charge in [-0.05, 0) is 6.92 Å². The van der Waals surface area contributed by atoms with Crippen LogP contribution in [0.5, 0.6) is 0 Å². The molecule has 1 saturated heterocycles. The van der Waals surface area contributed by atoms with E-state index in [0.717, 1.165) is 41.8 Å². The van der Waals surface area contributed by atoms with E-state index in [1.807, 2.05) is 23.6 Å². The Morgan fingerprint density at radius 2 is 2.09 bits per heavy atom. The molecule has 0 N–H and O–H groups in total. The third-order valence-corrected chi connectivity index (χ3v) is 5.99. The highest BCUT2D eigenvalue weighted by Crippen LogP contribution is 2.23. The number of nitrogens with zero attached hydrogens (tertiary/aromatic N) is 4. The Bertz CT molecular complexity index is 644. The molecule has 6 nitrogen and oxygen atoms in total. The molecule has 0 unspecified atom stereocenters. The fourth-order valence-corrected chi connectivity index (χ4v) is 4.34. The second kappa shape index (κ2) is 6.45. The average molecular weight is 340 g/mol. The van der Waals surface area contributed by atoms with E-state index in [1.54, 1.807) is 9.95 Å². The number of aryl methyl sites for hydroxylation is 1. The molecule has 0 saturated carbocycles. The number of thioether (sulfide) groups is 1. The first kappa shape index (κ1) is 15.6. The van der Waals surface area contributed by atoms with Gasteiger partial charge in [0.05, 0.1) is 6.54 Å². The number of carbonyl (C=O) groups excluding carboxylic acids is 1. The molecule has 1 aromatic rings. The van der Waals surface area contributed by atoms with Gasteiger partial charge in [0.1, 0.15) is 6.54 Å². The molecule has 1 atom stereocenters. The second-order valence-electron chi connectivity index (χ2n) is 5.65. The van der Waals surface area contributed by atoms with Gasteiger partial charge in [-0.3, -0.25) is 19.1 Å². The summed E-state index contributed by atoms with van der Waals surface area (Å²) < 4.78 is 1.55. The molecule has 0 aromatic carbocycles. The molecular formula is C14H20N4O2S2. The Labute approximate surface area is 137 Å². The predicted molar refractivity (Wildman–Crippen MR) is 90.8 cm³/mol. The number of hydrogen-bond acceptors (Lipinski definition) is 6. The molecule has 1 aromatic heterocycles. The highest BCUT2D eigenvalue weighted by atomic mass is 32.2. The molecule has 1 fully saturated rings. The summed E-state index contributed by atoms with van der Waals surface area (Å²) in [5.74, 6) is 0.0256. The number of carbonyl (C=O) groups is 1. The van der Waals surface area contributed by atoms with Crippen LogP contribution >= 0.6 is 23.1 Å². The summed E-state index contributed by atoms with van der Waals surface area (Å²) in [5, 5.41) is 3.47. The summed E-state index contributed by atoms with van der Waals surface area (Å²) in [6.07, 6.45) is 0. The van der Waals surface area contributed by atoms with Crippen LogP contribution in [0.2, 0.25) is 0 Å². The number of aromatic nitrogens is 1. The predicted octanol–water partition coefficient (Wildman–Crippen LogP) is 0.854. The SMILES string of the molecule is Cc1csc(=O)n1CC(=O)N1CCN(C2=NC[C@@H](C)S2)CC1. The van der Waals surface area contributed by atoms with E-state index in [1.165, 1.54) is 0 Å². The monoisotopic (exact) mass is 340 g/mol. The van der Waals surface area contributed by atoms with Crippen molar-refractivity contribution in [1.29, 1.82) is 0 Å². The van der Waals surface area contributed by atoms with Gasteiger partial charge in [0.15, 0.2) is 5.17 Å². The highest BCUT2D eigenvalue weighted by Gasteiger charge is 2.26. The molecule has 22 heavy (non-hydrogen) atoms. The zero-order valence-electron chi connectivity index (χ0n) is 12.8. The van der Waals surface area contributed by atoms with Gasteiger partial charge in [0, 0.05) is 42.5 Å². The Morgan fingerprint density at radius 3 is 2.64 bits per heavy atom. The summed E-state index contributed by atoms with van der Waals surface area (Å²) in [5.41, 5.74) is 0.854. The van der Waals surface area contributed by atoms with Crippen molar-refractivity contribution in [3.63, 3.8) is 0 Å². The van der Waals surface area contributed by atoms with Gasteiger partial charge < -0.3 is 9.80 Å². The van der Waals surface area contributed by atoms with Gasteiger partial charge in [-0.2, -0.15) is 0 Å². The number of rotatable bonds is 2. The number of aliphatic imine (C=N–C) groups is 1. The molecule has 8 heteroatoms. The smallest absolute Gasteiger partial charge is 0.307 e. The van der Waals surface area contributed by atoms with E-state index in [-0.39, 0.29) is 17.3 Å². The third-order valence-electron chi connectivity index (χ3n) is 3.96. The standard InChI is InChI=1S/C14H20N4O2S2/c1-10-9-21-14(20)18(10)8-12(19)16-3-5-17(6-4-16)13-15-7-11(2)22-13/h9,11H,3-8H2,1-2H3/t11-/m1/s1. The average Bonchev–Trinajstić information content (AvgIpc) is 3.08. The van der Waals surface area contributed by atoms with Crippen molar-refractivity contribution in [1.82, 2.24) is 14.4 Å². The van der Waals surface area contributed by atoms with Crippen LogP contribution in [0, 0.1) is 6.92 Å². The molecule has 3 heterocycles. The number of thiazole rings is 1. The Hall–Kier alpha value is -1.28. The molecule has 120 valence electrons. The number of amides is 1. The lowest BCUT2D eigenvalue weighted by molar-refractivity contribution is -0.133. The van der Waals surface area contributed by atoms with Gasteiger partial charge in [-0.25, -0.2) is 0 Å². The molecule has 0 radical (unpaired) electrons. The molecule has 0 aliphatic carbocycles. The van der Waals surface area contributed by atoms with Crippen LogP contribution < -0.4 is 4.87 Å². The lowest BCUT2D eigenvalue weighted by Gasteiger charge is -2.35. The van der Waals surface area contributed by atoms with Crippen molar-refractivity contribution in [2.75, 3.05) is 32.7 Å². The maximum atomic E-state index is 12.4. The van der Waals surface area contributed by atoms with Gasteiger partial charge >= 0.3 is 4.87 Å². The van der Waals surface area contributed by atoms with Crippen LogP contribution in [0.25, 0.3) is 0 Å². The topological polar surface area (TPSA) is 57.9 Å². The first-order valence-electron chi connectivity index (χ1n) is 7.43. The Kier molecular flexibility index (Phi) is 4.58. The zero-order valence-corrected chi connectivity index (χ0v) is 14.5. The molecular weight excluding hydrogens is 320 g/mol. The van der Waals surface area contributed by atoms with Crippen LogP contribution in [-0.4, -0.2) is 63.4 Å². The van der Waals surface area contributed by atoms with Crippen LogP contribution in [0.4, 0.5) is 0 Å². The number of amidine groups is 1. The summed E-state index contributed by atoms with van der Waals surface area (Å²) in [6, 6.07) is 0. The van der Waals surface area contributed by atoms with E-state index < -0.39 is 0 Å². The molecule has 0 bridgehead atoms. The lowest BCUT2D eigenvalue weighted by Crippen LogP contribution is -2.51. The maximum Gasteiger partial charge on any atom is 0.307 e. The molecule has 3 rings (SSSR count). The molecule has 2 aliphatic rings. The fourth-order valence-electron chi connectivity index (χ4n) is 2.61. The zero-order chi connectivity index (χ0) is 15.7. The largest absolute Gasteiger partial charge is 0.348 e. The van der Waals surface area contributed by atoms with E-state index in [2.05, 4.69) is 16.8 Å². The highest BCUT2D eigenvalue weighted by molar-refractivity contribution is 8.14. The fraction of sp³-hybridized carbons (Fsp3) is 0.643. The van der Waals surface area contributed by atoms with Crippen molar-refractivity contribution < 1.29 is 4.79 Å². The summed E-state index contributed by atoms with van der Waals surface area (Å²) in [4.78, 5) is 32.7. The summed E-state index contributed by atoms with van der Waals surface area (Å²) in [7, 11) is 0. The minimum Gasteiger partial charge on any atom is -0.348 e. The Morgan fingerprint density at radius 1 is 1.36 bits per heavy atom. The molecule has 1 amide bonds. The summed E-state index contributed by atoms with van der Waals surface area (Å²) in [6.45, 7) is 8.13. The minimum absolute atomic E-state index is 0.0256. The Balaban J connectivity index is 1.55. The molecule has 0 spiro atoms. The van der Waals surface area contributed by atoms with Crippen molar-refractivity contribution in [2.24, 2.45) is 4.99 Å². The first-order valence-corrected chi connectivity index (χ1v) is 9.19. The summed E-state index contributed by atoms with van der Waals surface area (Å²) >= 11 is 2.96. The van der Waals surface area contributed by atoms with E-state index in [0.29, 0.717) is 18.3 Å². The van der Waals surface area contributed by atoms with Gasteiger partial charge in [-0.1, -0.05) is 30.0 Å². The van der Waals surface area contributed by atoms with E-state index in [9.17, 15) is 9.59 Å². The van der Waals surface area contributed by atoms with Crippen LogP contribution in [0.3, 0.4) is 0 Å². The minimum atomic E-state index is -0.0600. The van der Waals surface area contributed by atoms with Crippen molar-refractivity contribution >= 4 is 34.2 Å². The van der Waals surface area contributed by atoms with E-state index in [4.69, 9.17) is 0 Å². The molecule has 2 aliphatic heterocycles. The maximum absolute atomic E-state index is 12.4. The van der Waals surface area contributed by atoms with Gasteiger partial charge in [0.2, 0.25) is 5.91 Å². The van der Waals surface area contributed by atoms with Crippen molar-refractivity contribution in [2.45, 2.75) is 25.6 Å². The lowest BCUT2D eigenvalue weighted by atomic mass is 10.3. The third kappa shape index (κ3) is 3.22. The normalized spacial score (nSPS) is 22.1. The number of hydrogen-bond donors (Lipinski definition) is 0. The van der Waals surface area contributed by atoms with Crippen LogP contribution in [0.1, 0.15) is 12.6 Å².